The number of ether oxygens (including phenoxy) is 2. The maximum atomic E-state index is 12.3. The number of aromatic nitrogens is 2. The molecule has 19 heavy (non-hydrogen) atoms. The van der Waals surface area contributed by atoms with Crippen molar-refractivity contribution < 1.29 is 14.3 Å². The van der Waals surface area contributed by atoms with Gasteiger partial charge in [0.1, 0.15) is 0 Å². The molecule has 0 bridgehead atoms. The van der Waals surface area contributed by atoms with Crippen molar-refractivity contribution in [2.75, 3.05) is 14.2 Å². The number of nitrogens with zero attached hydrogens (tertiary/aromatic N) is 2. The second-order valence-corrected chi connectivity index (χ2v) is 4.89. The Morgan fingerprint density at radius 3 is 2.68 bits per heavy atom. The van der Waals surface area contributed by atoms with Crippen LogP contribution in [0.4, 0.5) is 0 Å². The highest BCUT2D eigenvalue weighted by molar-refractivity contribution is 7.14. The first-order valence-electron chi connectivity index (χ1n) is 5.78. The van der Waals surface area contributed by atoms with Crippen molar-refractivity contribution in [2.45, 2.75) is 13.3 Å². The van der Waals surface area contributed by atoms with E-state index in [1.54, 1.807) is 6.07 Å². The molecule has 0 saturated carbocycles. The summed E-state index contributed by atoms with van der Waals surface area (Å²) in [6.07, 6.45) is 2.31. The monoisotopic (exact) mass is 278 g/mol. The van der Waals surface area contributed by atoms with Gasteiger partial charge < -0.3 is 9.47 Å². The fraction of sp³-hybridized carbons (Fsp3) is 0.308. The Kier molecular flexibility index (Phi) is 4.11. The number of aryl methyl sites for hydroxylation is 1. The summed E-state index contributed by atoms with van der Waals surface area (Å²) in [6.45, 7) is 2.05. The van der Waals surface area contributed by atoms with Gasteiger partial charge in [-0.15, -0.1) is 11.3 Å². The van der Waals surface area contributed by atoms with E-state index in [1.165, 1.54) is 31.8 Å². The highest BCUT2D eigenvalue weighted by Crippen LogP contribution is 2.24. The second kappa shape index (κ2) is 5.79. The number of hydrogen-bond acceptors (Lipinski definition) is 6. The molecule has 2 aromatic heterocycles. The van der Waals surface area contributed by atoms with E-state index < -0.39 is 0 Å². The molecule has 0 fully saturated rings. The lowest BCUT2D eigenvalue weighted by Crippen LogP contribution is -2.07. The van der Waals surface area contributed by atoms with Crippen LogP contribution in [0.3, 0.4) is 0 Å². The average molecular weight is 278 g/mol. The molecule has 0 aliphatic heterocycles. The van der Waals surface area contributed by atoms with Gasteiger partial charge in [0.05, 0.1) is 25.3 Å². The molecule has 0 N–H and O–H groups in total. The van der Waals surface area contributed by atoms with Gasteiger partial charge in [-0.05, 0) is 18.6 Å². The minimum atomic E-state index is -0.184. The molecule has 0 radical (unpaired) electrons. The molecule has 5 nitrogen and oxygen atoms in total. The van der Waals surface area contributed by atoms with Crippen molar-refractivity contribution in [3.8, 4) is 11.8 Å². The third-order valence-electron chi connectivity index (χ3n) is 2.57. The minimum absolute atomic E-state index is 0.177. The number of thiophene rings is 1. The summed E-state index contributed by atoms with van der Waals surface area (Å²) in [5.74, 6) is 0.307. The van der Waals surface area contributed by atoms with Crippen molar-refractivity contribution in [2.24, 2.45) is 0 Å². The molecule has 0 spiro atoms. The summed E-state index contributed by atoms with van der Waals surface area (Å²) in [6, 6.07) is 3.75. The number of carbonyl (C=O) groups is 1. The van der Waals surface area contributed by atoms with Crippen LogP contribution < -0.4 is 9.47 Å². The van der Waals surface area contributed by atoms with E-state index in [4.69, 9.17) is 9.47 Å². The maximum absolute atomic E-state index is 12.3. The van der Waals surface area contributed by atoms with E-state index in [2.05, 4.69) is 9.97 Å². The molecule has 100 valence electrons. The largest absolute Gasteiger partial charge is 0.480 e. The van der Waals surface area contributed by atoms with Crippen LogP contribution >= 0.6 is 11.3 Å². The van der Waals surface area contributed by atoms with Gasteiger partial charge in [-0.25, -0.2) is 4.98 Å². The van der Waals surface area contributed by atoms with E-state index in [-0.39, 0.29) is 17.4 Å². The third kappa shape index (κ3) is 2.73. The Hall–Kier alpha value is -1.95. The van der Waals surface area contributed by atoms with Gasteiger partial charge in [0.15, 0.2) is 5.69 Å². The number of hydrogen-bond donors (Lipinski definition) is 0. The molecule has 0 unspecified atom stereocenters. The Morgan fingerprint density at radius 2 is 2.11 bits per heavy atom. The SMILES string of the molecule is CCc1ccc(C(=O)c2ncc(OC)nc2OC)s1. The van der Waals surface area contributed by atoms with E-state index in [0.717, 1.165) is 11.3 Å². The fourth-order valence-electron chi connectivity index (χ4n) is 1.56. The molecule has 6 heteroatoms. The summed E-state index contributed by atoms with van der Waals surface area (Å²) in [5, 5.41) is 0. The van der Waals surface area contributed by atoms with Crippen molar-refractivity contribution >= 4 is 17.1 Å². The molecule has 2 aromatic rings. The molecule has 0 saturated heterocycles. The number of rotatable bonds is 5. The standard InChI is InChI=1S/C13H14N2O3S/c1-4-8-5-6-9(19-8)12(16)11-13(18-3)15-10(17-2)7-14-11/h5-7H,4H2,1-3H3. The normalized spacial score (nSPS) is 10.3. The van der Waals surface area contributed by atoms with Gasteiger partial charge in [-0.1, -0.05) is 6.92 Å². The molecule has 0 aromatic carbocycles. The second-order valence-electron chi connectivity index (χ2n) is 3.72. The molecule has 2 rings (SSSR count). The van der Waals surface area contributed by atoms with Crippen LogP contribution in [0.25, 0.3) is 0 Å². The van der Waals surface area contributed by atoms with E-state index >= 15 is 0 Å². The van der Waals surface area contributed by atoms with E-state index in [0.29, 0.717) is 10.8 Å². The van der Waals surface area contributed by atoms with Gasteiger partial charge in [0, 0.05) is 4.88 Å². The van der Waals surface area contributed by atoms with Crippen LogP contribution in [0, 0.1) is 0 Å². The first kappa shape index (κ1) is 13.5. The Morgan fingerprint density at radius 1 is 1.32 bits per heavy atom. The average Bonchev–Trinajstić information content (AvgIpc) is 2.94. The highest BCUT2D eigenvalue weighted by atomic mass is 32.1. The number of methoxy groups -OCH3 is 2. The molecule has 0 aliphatic carbocycles. The quantitative estimate of drug-likeness (QED) is 0.786. The lowest BCUT2D eigenvalue weighted by Gasteiger charge is -2.06. The van der Waals surface area contributed by atoms with Gasteiger partial charge in [0.2, 0.25) is 17.5 Å². The van der Waals surface area contributed by atoms with Gasteiger partial charge in [0.25, 0.3) is 0 Å². The van der Waals surface area contributed by atoms with Crippen LogP contribution in [0.1, 0.15) is 27.2 Å². The highest BCUT2D eigenvalue weighted by Gasteiger charge is 2.20. The first-order chi connectivity index (χ1) is 9.19. The van der Waals surface area contributed by atoms with Crippen LogP contribution in [-0.2, 0) is 6.42 Å². The fourth-order valence-corrected chi connectivity index (χ4v) is 2.45. The van der Waals surface area contributed by atoms with Crippen molar-refractivity contribution in [1.29, 1.82) is 0 Å². The minimum Gasteiger partial charge on any atom is -0.480 e. The zero-order chi connectivity index (χ0) is 13.8. The van der Waals surface area contributed by atoms with Crippen molar-refractivity contribution in [3.63, 3.8) is 0 Å². The predicted molar refractivity (Wildman–Crippen MR) is 72.3 cm³/mol. The Labute approximate surface area is 115 Å². The lowest BCUT2D eigenvalue weighted by molar-refractivity contribution is 0.103. The van der Waals surface area contributed by atoms with E-state index in [1.807, 2.05) is 13.0 Å². The summed E-state index contributed by atoms with van der Waals surface area (Å²) < 4.78 is 10.1. The molecule has 0 atom stereocenters. The summed E-state index contributed by atoms with van der Waals surface area (Å²) in [7, 11) is 2.93. The van der Waals surface area contributed by atoms with Gasteiger partial charge in [-0.3, -0.25) is 4.79 Å². The molecule has 0 amide bonds. The number of ketones is 1. The Balaban J connectivity index is 2.37. The number of carbonyl (C=O) groups excluding carboxylic acids is 1. The topological polar surface area (TPSA) is 61.3 Å². The Bertz CT molecular complexity index is 595. The van der Waals surface area contributed by atoms with Crippen LogP contribution in [0.2, 0.25) is 0 Å². The summed E-state index contributed by atoms with van der Waals surface area (Å²) >= 11 is 1.46. The van der Waals surface area contributed by atoms with Crippen LogP contribution in [0.5, 0.6) is 11.8 Å². The smallest absolute Gasteiger partial charge is 0.247 e. The molecular formula is C13H14N2O3S. The zero-order valence-corrected chi connectivity index (χ0v) is 11.8. The predicted octanol–water partition coefficient (Wildman–Crippen LogP) is 2.35. The molecule has 0 aliphatic rings. The van der Waals surface area contributed by atoms with Gasteiger partial charge >= 0.3 is 0 Å². The van der Waals surface area contributed by atoms with Crippen molar-refractivity contribution in [1.82, 2.24) is 9.97 Å². The molecule has 2 heterocycles. The van der Waals surface area contributed by atoms with Crippen LogP contribution in [0.15, 0.2) is 18.3 Å². The maximum Gasteiger partial charge on any atom is 0.247 e. The van der Waals surface area contributed by atoms with Crippen molar-refractivity contribution in [3.05, 3.63) is 33.8 Å². The zero-order valence-electron chi connectivity index (χ0n) is 11.0. The first-order valence-corrected chi connectivity index (χ1v) is 6.59. The molecular weight excluding hydrogens is 264 g/mol. The summed E-state index contributed by atoms with van der Waals surface area (Å²) in [5.41, 5.74) is 0.202. The van der Waals surface area contributed by atoms with Gasteiger partial charge in [-0.2, -0.15) is 4.98 Å². The third-order valence-corrected chi connectivity index (χ3v) is 3.80. The van der Waals surface area contributed by atoms with Crippen LogP contribution in [-0.4, -0.2) is 30.0 Å². The summed E-state index contributed by atoms with van der Waals surface area (Å²) in [4.78, 5) is 22.3. The van der Waals surface area contributed by atoms with E-state index in [9.17, 15) is 4.79 Å². The lowest BCUT2D eigenvalue weighted by atomic mass is 10.2.